The minimum atomic E-state index is -4.66. The molecule has 3 rings (SSSR count). The van der Waals surface area contributed by atoms with Crippen molar-refractivity contribution < 1.29 is 21.9 Å². The summed E-state index contributed by atoms with van der Waals surface area (Å²) in [7, 11) is -0.676. The van der Waals surface area contributed by atoms with Crippen molar-refractivity contribution >= 4 is 21.5 Å². The summed E-state index contributed by atoms with van der Waals surface area (Å²) in [6.07, 6.45) is -0.936. The highest BCUT2D eigenvalue weighted by molar-refractivity contribution is 7.80. The van der Waals surface area contributed by atoms with Gasteiger partial charge in [-0.1, -0.05) is 72.8 Å². The second kappa shape index (κ2) is 11.2. The average Bonchev–Trinajstić information content (AvgIpc) is 2.78. The molecule has 0 aliphatic carbocycles. The summed E-state index contributed by atoms with van der Waals surface area (Å²) < 4.78 is 43.3. The maximum atomic E-state index is 11.6. The first-order valence-corrected chi connectivity index (χ1v) is 12.0. The van der Waals surface area contributed by atoms with Crippen LogP contribution in [0.15, 0.2) is 84.9 Å². The highest BCUT2D eigenvalue weighted by Crippen LogP contribution is 2.36. The summed E-state index contributed by atoms with van der Waals surface area (Å²) >= 11 is 0. The monoisotopic (exact) mass is 467 g/mol. The second-order valence-electron chi connectivity index (χ2n) is 7.86. The van der Waals surface area contributed by atoms with E-state index in [1.807, 2.05) is 104 Å². The molecule has 1 unspecified atom stereocenters. The van der Waals surface area contributed by atoms with E-state index in [-0.39, 0.29) is 0 Å². The summed E-state index contributed by atoms with van der Waals surface area (Å²) in [4.78, 5) is 2.05. The Bertz CT molecular complexity index is 1160. The molecule has 3 aromatic carbocycles. The third-order valence-electron chi connectivity index (χ3n) is 5.04. The molecule has 3 aromatic rings. The molecule has 6 nitrogen and oxygen atoms in total. The Morgan fingerprint density at radius 3 is 1.88 bits per heavy atom. The molecular weight excluding hydrogens is 438 g/mol. The minimum absolute atomic E-state index is 0.572. The third kappa shape index (κ3) is 7.27. The van der Waals surface area contributed by atoms with E-state index in [0.717, 1.165) is 34.6 Å². The Morgan fingerprint density at radius 1 is 0.848 bits per heavy atom. The molecule has 33 heavy (non-hydrogen) atoms. The van der Waals surface area contributed by atoms with Crippen molar-refractivity contribution in [3.63, 3.8) is 0 Å². The summed E-state index contributed by atoms with van der Waals surface area (Å²) in [6.45, 7) is 2.99. The Morgan fingerprint density at radius 2 is 1.36 bits per heavy atom. The standard InChI is InChI=1S/C26H29NO5S/c1-20(32-33(28,29)30)25(21-10-6-4-7-11-21)26(22-12-8-5-9-13-22)23-14-16-24(17-15-23)31-19-18-27(2)3/h4-17,20H,18-19H2,1-3H3,(H,28,29,30)/b26-25-. The summed E-state index contributed by atoms with van der Waals surface area (Å²) in [5, 5.41) is 0. The van der Waals surface area contributed by atoms with Gasteiger partial charge in [-0.15, -0.1) is 0 Å². The Balaban J connectivity index is 2.14. The molecule has 0 spiro atoms. The minimum Gasteiger partial charge on any atom is -0.492 e. The van der Waals surface area contributed by atoms with E-state index in [9.17, 15) is 13.0 Å². The van der Waals surface area contributed by atoms with E-state index in [4.69, 9.17) is 8.92 Å². The fourth-order valence-corrected chi connectivity index (χ4v) is 4.04. The van der Waals surface area contributed by atoms with Crippen LogP contribution in [0.5, 0.6) is 5.75 Å². The molecule has 0 bridgehead atoms. The zero-order valence-corrected chi connectivity index (χ0v) is 19.8. The van der Waals surface area contributed by atoms with Gasteiger partial charge in [-0.05, 0) is 61.0 Å². The van der Waals surface area contributed by atoms with Crippen LogP contribution in [0.4, 0.5) is 0 Å². The lowest BCUT2D eigenvalue weighted by Crippen LogP contribution is -2.19. The quantitative estimate of drug-likeness (QED) is 0.341. The van der Waals surface area contributed by atoms with Crippen LogP contribution in [-0.2, 0) is 14.6 Å². The highest BCUT2D eigenvalue weighted by atomic mass is 32.3. The molecule has 0 fully saturated rings. The third-order valence-corrected chi connectivity index (χ3v) is 5.57. The zero-order valence-electron chi connectivity index (χ0n) is 19.0. The molecule has 174 valence electrons. The lowest BCUT2D eigenvalue weighted by molar-refractivity contribution is 0.241. The van der Waals surface area contributed by atoms with Crippen molar-refractivity contribution in [1.82, 2.24) is 4.90 Å². The molecule has 1 N–H and O–H groups in total. The van der Waals surface area contributed by atoms with Crippen molar-refractivity contribution in [2.45, 2.75) is 13.0 Å². The van der Waals surface area contributed by atoms with Gasteiger partial charge in [-0.2, -0.15) is 8.42 Å². The first-order valence-electron chi connectivity index (χ1n) is 10.6. The predicted octanol–water partition coefficient (Wildman–Crippen LogP) is 4.79. The van der Waals surface area contributed by atoms with E-state index < -0.39 is 16.5 Å². The number of rotatable bonds is 10. The molecule has 0 saturated carbocycles. The van der Waals surface area contributed by atoms with Crippen molar-refractivity contribution in [2.75, 3.05) is 27.2 Å². The van der Waals surface area contributed by atoms with E-state index in [0.29, 0.717) is 12.2 Å². The smallest absolute Gasteiger partial charge is 0.397 e. The normalized spacial score (nSPS) is 13.5. The Labute approximate surface area is 196 Å². The van der Waals surface area contributed by atoms with Crippen LogP contribution in [0.1, 0.15) is 23.6 Å². The van der Waals surface area contributed by atoms with Crippen molar-refractivity contribution in [2.24, 2.45) is 0 Å². The average molecular weight is 468 g/mol. The summed E-state index contributed by atoms with van der Waals surface area (Å²) in [5.74, 6) is 0.747. The molecule has 0 radical (unpaired) electrons. The van der Waals surface area contributed by atoms with Gasteiger partial charge >= 0.3 is 10.4 Å². The maximum absolute atomic E-state index is 11.6. The predicted molar refractivity (Wildman–Crippen MR) is 131 cm³/mol. The van der Waals surface area contributed by atoms with Crippen LogP contribution in [0.25, 0.3) is 11.1 Å². The molecule has 0 heterocycles. The van der Waals surface area contributed by atoms with Crippen molar-refractivity contribution in [3.8, 4) is 5.75 Å². The number of benzene rings is 3. The number of hydrogen-bond donors (Lipinski definition) is 1. The summed E-state index contributed by atoms with van der Waals surface area (Å²) in [5.41, 5.74) is 3.99. The number of likely N-dealkylation sites (N-methyl/N-ethyl adjacent to an activating group) is 1. The second-order valence-corrected chi connectivity index (χ2v) is 8.91. The van der Waals surface area contributed by atoms with Crippen molar-refractivity contribution in [3.05, 3.63) is 102 Å². The van der Waals surface area contributed by atoms with E-state index >= 15 is 0 Å². The van der Waals surface area contributed by atoms with E-state index in [1.54, 1.807) is 6.92 Å². The highest BCUT2D eigenvalue weighted by Gasteiger charge is 2.23. The molecule has 0 amide bonds. The van der Waals surface area contributed by atoms with Gasteiger partial charge in [0.05, 0.1) is 0 Å². The largest absolute Gasteiger partial charge is 0.492 e. The van der Waals surface area contributed by atoms with Crippen LogP contribution in [-0.4, -0.2) is 51.2 Å². The number of ether oxygens (including phenoxy) is 1. The molecule has 0 aliphatic heterocycles. The first-order chi connectivity index (χ1) is 15.7. The number of hydrogen-bond acceptors (Lipinski definition) is 5. The van der Waals surface area contributed by atoms with Crippen LogP contribution in [0, 0.1) is 0 Å². The fraction of sp³-hybridized carbons (Fsp3) is 0.231. The summed E-state index contributed by atoms with van der Waals surface area (Å²) in [6, 6.07) is 26.8. The van der Waals surface area contributed by atoms with Gasteiger partial charge in [-0.3, -0.25) is 4.55 Å². The topological polar surface area (TPSA) is 76.1 Å². The molecule has 0 saturated heterocycles. The van der Waals surface area contributed by atoms with Gasteiger partial charge in [0.25, 0.3) is 0 Å². The SMILES string of the molecule is CC(OS(=O)(=O)O)/C(=C(\c1ccccc1)c1ccc(OCCN(C)C)cc1)c1ccccc1. The van der Waals surface area contributed by atoms with E-state index in [1.165, 1.54) is 0 Å². The van der Waals surface area contributed by atoms with Gasteiger partial charge in [0.1, 0.15) is 18.5 Å². The van der Waals surface area contributed by atoms with Gasteiger partial charge in [0.2, 0.25) is 0 Å². The van der Waals surface area contributed by atoms with Gasteiger partial charge in [-0.25, -0.2) is 4.18 Å². The zero-order chi connectivity index (χ0) is 23.8. The van der Waals surface area contributed by atoms with Gasteiger partial charge < -0.3 is 9.64 Å². The van der Waals surface area contributed by atoms with Gasteiger partial charge in [0, 0.05) is 6.54 Å². The van der Waals surface area contributed by atoms with Crippen LogP contribution >= 0.6 is 0 Å². The van der Waals surface area contributed by atoms with E-state index in [2.05, 4.69) is 0 Å². The fourth-order valence-electron chi connectivity index (χ4n) is 3.58. The molecule has 0 aromatic heterocycles. The molecular formula is C26H29NO5S. The lowest BCUT2D eigenvalue weighted by atomic mass is 9.87. The molecule has 0 aliphatic rings. The lowest BCUT2D eigenvalue weighted by Gasteiger charge is -2.22. The number of nitrogens with zero attached hydrogens (tertiary/aromatic N) is 1. The first kappa shape index (κ1) is 24.7. The van der Waals surface area contributed by atoms with Crippen LogP contribution in [0.2, 0.25) is 0 Å². The molecule has 7 heteroatoms. The Hall–Kier alpha value is -2.97. The Kier molecular flexibility index (Phi) is 8.41. The van der Waals surface area contributed by atoms with Gasteiger partial charge in [0.15, 0.2) is 0 Å². The van der Waals surface area contributed by atoms with Crippen LogP contribution in [0.3, 0.4) is 0 Å². The van der Waals surface area contributed by atoms with Crippen molar-refractivity contribution in [1.29, 1.82) is 0 Å². The van der Waals surface area contributed by atoms with Crippen LogP contribution < -0.4 is 4.74 Å². The molecule has 1 atom stereocenters. The maximum Gasteiger partial charge on any atom is 0.397 e.